The van der Waals surface area contributed by atoms with E-state index in [-0.39, 0.29) is 18.0 Å². The molecule has 0 aromatic heterocycles. The van der Waals surface area contributed by atoms with Crippen LogP contribution in [-0.4, -0.2) is 28.7 Å². The highest BCUT2D eigenvalue weighted by Gasteiger charge is 2.19. The van der Waals surface area contributed by atoms with E-state index in [1.165, 1.54) is 12.7 Å². The lowest BCUT2D eigenvalue weighted by molar-refractivity contribution is 0.320. The molecule has 2 aromatic rings. The number of aryl methyl sites for hydroxylation is 4. The molecule has 0 heterocycles. The molecule has 136 valence electrons. The fraction of sp³-hybridized carbons (Fsp3) is 0.368. The van der Waals surface area contributed by atoms with Crippen molar-refractivity contribution in [1.82, 2.24) is 4.72 Å². The molecule has 6 heteroatoms. The Kier molecular flexibility index (Phi) is 6.08. The van der Waals surface area contributed by atoms with Crippen molar-refractivity contribution in [2.24, 2.45) is 0 Å². The van der Waals surface area contributed by atoms with Crippen molar-refractivity contribution in [3.05, 3.63) is 52.6 Å². The van der Waals surface area contributed by atoms with Crippen molar-refractivity contribution >= 4 is 10.0 Å². The van der Waals surface area contributed by atoms with Crippen LogP contribution < -0.4 is 14.2 Å². The van der Waals surface area contributed by atoms with Gasteiger partial charge in [-0.05, 0) is 68.1 Å². The first-order valence-corrected chi connectivity index (χ1v) is 9.58. The minimum absolute atomic E-state index is 0.136. The molecular formula is C19H25NO4S. The zero-order chi connectivity index (χ0) is 18.6. The molecule has 2 aromatic carbocycles. The summed E-state index contributed by atoms with van der Waals surface area (Å²) in [5.41, 5.74) is 4.23. The van der Waals surface area contributed by atoms with Crippen LogP contribution in [-0.2, 0) is 10.0 Å². The van der Waals surface area contributed by atoms with Crippen LogP contribution >= 0.6 is 0 Å². The highest BCUT2D eigenvalue weighted by Crippen LogP contribution is 2.25. The first-order chi connectivity index (χ1) is 11.7. The van der Waals surface area contributed by atoms with Crippen molar-refractivity contribution in [3.8, 4) is 11.5 Å². The van der Waals surface area contributed by atoms with Gasteiger partial charge in [0.1, 0.15) is 23.0 Å². The number of benzene rings is 2. The summed E-state index contributed by atoms with van der Waals surface area (Å²) in [4.78, 5) is 0.136. The molecule has 0 saturated heterocycles. The van der Waals surface area contributed by atoms with E-state index < -0.39 is 10.0 Å². The van der Waals surface area contributed by atoms with E-state index in [2.05, 4.69) is 17.7 Å². The Morgan fingerprint density at radius 3 is 2.28 bits per heavy atom. The quantitative estimate of drug-likeness (QED) is 0.767. The average molecular weight is 363 g/mol. The molecule has 0 fully saturated rings. The number of hydrogen-bond donors (Lipinski definition) is 1. The van der Waals surface area contributed by atoms with Gasteiger partial charge in [-0.1, -0.05) is 12.1 Å². The zero-order valence-electron chi connectivity index (χ0n) is 15.3. The van der Waals surface area contributed by atoms with Gasteiger partial charge in [0.05, 0.1) is 7.11 Å². The van der Waals surface area contributed by atoms with E-state index in [1.807, 2.05) is 32.9 Å². The minimum atomic E-state index is -3.66. The van der Waals surface area contributed by atoms with Crippen molar-refractivity contribution < 1.29 is 17.9 Å². The van der Waals surface area contributed by atoms with Crippen molar-refractivity contribution in [3.63, 3.8) is 0 Å². The van der Waals surface area contributed by atoms with Crippen LogP contribution in [0, 0.1) is 27.7 Å². The maximum absolute atomic E-state index is 12.5. The molecular weight excluding hydrogens is 338 g/mol. The van der Waals surface area contributed by atoms with Gasteiger partial charge in [-0.2, -0.15) is 0 Å². The highest BCUT2D eigenvalue weighted by molar-refractivity contribution is 7.89. The SMILES string of the molecule is COc1ccc(C)cc1S(=O)(=O)NCCOc1cc(C)c(C)cc1C. The van der Waals surface area contributed by atoms with Crippen LogP contribution in [0.2, 0.25) is 0 Å². The summed E-state index contributed by atoms with van der Waals surface area (Å²) >= 11 is 0. The van der Waals surface area contributed by atoms with Gasteiger partial charge in [0, 0.05) is 6.54 Å². The third-order valence-electron chi connectivity index (χ3n) is 4.05. The predicted molar refractivity (Wildman–Crippen MR) is 99.1 cm³/mol. The Labute approximate surface area is 150 Å². The standard InChI is InChI=1S/C19H25NO4S/c1-13-6-7-17(23-5)19(10-13)25(21,22)20-8-9-24-18-12-15(3)14(2)11-16(18)4/h6-7,10-12,20H,8-9H2,1-5H3. The maximum atomic E-state index is 12.5. The summed E-state index contributed by atoms with van der Waals surface area (Å²) in [7, 11) is -2.21. The minimum Gasteiger partial charge on any atom is -0.495 e. The van der Waals surface area contributed by atoms with Crippen LogP contribution in [0.4, 0.5) is 0 Å². The number of nitrogens with one attached hydrogen (secondary N) is 1. The van der Waals surface area contributed by atoms with E-state index in [4.69, 9.17) is 9.47 Å². The summed E-state index contributed by atoms with van der Waals surface area (Å²) in [5, 5.41) is 0. The number of sulfonamides is 1. The topological polar surface area (TPSA) is 64.6 Å². The lowest BCUT2D eigenvalue weighted by atomic mass is 10.1. The van der Waals surface area contributed by atoms with Gasteiger partial charge in [-0.25, -0.2) is 13.1 Å². The van der Waals surface area contributed by atoms with Crippen LogP contribution in [0.1, 0.15) is 22.3 Å². The number of methoxy groups -OCH3 is 1. The van der Waals surface area contributed by atoms with Gasteiger partial charge in [0.2, 0.25) is 10.0 Å². The molecule has 0 amide bonds. The van der Waals surface area contributed by atoms with Crippen molar-refractivity contribution in [2.75, 3.05) is 20.3 Å². The maximum Gasteiger partial charge on any atom is 0.244 e. The van der Waals surface area contributed by atoms with Crippen molar-refractivity contribution in [1.29, 1.82) is 0 Å². The Bertz CT molecular complexity index is 860. The van der Waals surface area contributed by atoms with Gasteiger partial charge in [-0.15, -0.1) is 0 Å². The molecule has 0 atom stereocenters. The van der Waals surface area contributed by atoms with Gasteiger partial charge in [-0.3, -0.25) is 0 Å². The smallest absolute Gasteiger partial charge is 0.244 e. The summed E-state index contributed by atoms with van der Waals surface area (Å²) in [6, 6.07) is 9.09. The molecule has 5 nitrogen and oxygen atoms in total. The fourth-order valence-corrected chi connectivity index (χ4v) is 3.76. The third-order valence-corrected chi connectivity index (χ3v) is 5.53. The lowest BCUT2D eigenvalue weighted by Gasteiger charge is -2.14. The van der Waals surface area contributed by atoms with E-state index in [1.54, 1.807) is 12.1 Å². The molecule has 0 aliphatic rings. The molecule has 0 aliphatic heterocycles. The van der Waals surface area contributed by atoms with Gasteiger partial charge in [0.15, 0.2) is 0 Å². The Balaban J connectivity index is 2.02. The molecule has 25 heavy (non-hydrogen) atoms. The lowest BCUT2D eigenvalue weighted by Crippen LogP contribution is -2.28. The second-order valence-corrected chi connectivity index (χ2v) is 7.84. The summed E-state index contributed by atoms with van der Waals surface area (Å²) in [5.74, 6) is 1.10. The summed E-state index contributed by atoms with van der Waals surface area (Å²) in [6.45, 7) is 8.31. The average Bonchev–Trinajstić information content (AvgIpc) is 2.56. The molecule has 1 N–H and O–H groups in total. The molecule has 0 unspecified atom stereocenters. The first kappa shape index (κ1) is 19.3. The van der Waals surface area contributed by atoms with Crippen molar-refractivity contribution in [2.45, 2.75) is 32.6 Å². The first-order valence-electron chi connectivity index (χ1n) is 8.09. The zero-order valence-corrected chi connectivity index (χ0v) is 16.2. The Morgan fingerprint density at radius 2 is 1.60 bits per heavy atom. The summed E-state index contributed by atoms with van der Waals surface area (Å²) < 4.78 is 38.4. The monoisotopic (exact) mass is 363 g/mol. The van der Waals surface area contributed by atoms with E-state index >= 15 is 0 Å². The van der Waals surface area contributed by atoms with Gasteiger partial charge >= 0.3 is 0 Å². The second-order valence-electron chi connectivity index (χ2n) is 6.10. The normalized spacial score (nSPS) is 11.4. The predicted octanol–water partition coefficient (Wildman–Crippen LogP) is 3.29. The van der Waals surface area contributed by atoms with E-state index in [0.29, 0.717) is 5.75 Å². The molecule has 0 saturated carbocycles. The molecule has 0 radical (unpaired) electrons. The Hall–Kier alpha value is -2.05. The van der Waals surface area contributed by atoms with Crippen LogP contribution in [0.3, 0.4) is 0 Å². The number of hydrogen-bond acceptors (Lipinski definition) is 4. The third kappa shape index (κ3) is 4.74. The summed E-state index contributed by atoms with van der Waals surface area (Å²) in [6.07, 6.45) is 0. The second kappa shape index (κ2) is 7.89. The van der Waals surface area contributed by atoms with E-state index in [9.17, 15) is 8.42 Å². The van der Waals surface area contributed by atoms with E-state index in [0.717, 1.165) is 22.4 Å². The molecule has 0 aliphatic carbocycles. The van der Waals surface area contributed by atoms with Gasteiger partial charge in [0.25, 0.3) is 0 Å². The highest BCUT2D eigenvalue weighted by atomic mass is 32.2. The largest absolute Gasteiger partial charge is 0.495 e. The molecule has 2 rings (SSSR count). The molecule has 0 bridgehead atoms. The van der Waals surface area contributed by atoms with Crippen LogP contribution in [0.5, 0.6) is 11.5 Å². The fourth-order valence-electron chi connectivity index (χ4n) is 2.50. The van der Waals surface area contributed by atoms with Crippen LogP contribution in [0.25, 0.3) is 0 Å². The number of rotatable bonds is 7. The molecule has 0 spiro atoms. The van der Waals surface area contributed by atoms with Gasteiger partial charge < -0.3 is 9.47 Å². The Morgan fingerprint density at radius 1 is 0.920 bits per heavy atom. The number of ether oxygens (including phenoxy) is 2. The van der Waals surface area contributed by atoms with Crippen LogP contribution in [0.15, 0.2) is 35.2 Å².